The standard InChI is InChI=1S/C47H72BO13.Na/c1-30-23-25-36-29-46(30)42-44(53)55-32(3)19-15-11-7-10-14-18-22-38(50)28-40(52)35(6)41-26-24-31(2)47(57-41)43(59-48(58-42,60-46)61-47)45(54)56-33(4)20-16-12-8-9-13-17-21-37(49)27-39(51)34(36)5;/h7-9,11-13,30-38,41-43,49-50H,10,14-29H2,1-6H3;/q-1;+1/b11-7-,12-8-,13-9+;/t30-,31-,32?,33?,34?,35?,36-,37?,38?,41+,42?,43?,46+,47+,48?;/m1./s1. The number of carbonyl (C=O) groups is 4. The van der Waals surface area contributed by atoms with Gasteiger partial charge in [0.05, 0.1) is 36.1 Å². The van der Waals surface area contributed by atoms with E-state index >= 15 is 0 Å². The van der Waals surface area contributed by atoms with Crippen molar-refractivity contribution < 1.29 is 91.8 Å². The number of Topliss-reactive ketones (excluding diaryl/α,β-unsaturated/α-hetero) is 2. The second-order valence-corrected chi connectivity index (χ2v) is 19.2. The average molecular weight is 879 g/mol. The number of ketones is 2. The van der Waals surface area contributed by atoms with Gasteiger partial charge in [0.25, 0.3) is 0 Å². The van der Waals surface area contributed by atoms with E-state index < -0.39 is 90.8 Å². The molecule has 0 radical (unpaired) electrons. The van der Waals surface area contributed by atoms with Crippen molar-refractivity contribution in [1.82, 2.24) is 0 Å². The zero-order valence-electron chi connectivity index (χ0n) is 38.4. The minimum atomic E-state index is -3.38. The van der Waals surface area contributed by atoms with Gasteiger partial charge >= 0.3 is 48.5 Å². The summed E-state index contributed by atoms with van der Waals surface area (Å²) in [4.78, 5) is 56.7. The summed E-state index contributed by atoms with van der Waals surface area (Å²) in [6.07, 6.45) is 14.6. The molecule has 4 fully saturated rings. The SMILES string of the molecule is CC1CC/C=C\C=C\CCC(O)CC(=O)C(C)[C@@H]2CC[C@@H](C)[C@]3(C2)O[B-]24OC(C(=O)O1)[C@@]1(O[C@@H](CC[C@H]1C)C(C)C(=O)CC(O)CCCC/C=C\CCC(C)OC(=O)C3O2)O4.[Na+]. The molecule has 5 aliphatic heterocycles. The number of hydrogen-bond donors (Lipinski definition) is 2. The molecule has 15 atom stereocenters. The van der Waals surface area contributed by atoms with Crippen molar-refractivity contribution in [3.8, 4) is 0 Å². The van der Waals surface area contributed by atoms with Gasteiger partial charge in [-0.25, -0.2) is 9.59 Å². The van der Waals surface area contributed by atoms with Crippen LogP contribution in [0.5, 0.6) is 0 Å². The maximum Gasteiger partial charge on any atom is 1.00 e. The second-order valence-electron chi connectivity index (χ2n) is 19.2. The van der Waals surface area contributed by atoms with Crippen molar-refractivity contribution in [2.75, 3.05) is 0 Å². The van der Waals surface area contributed by atoms with E-state index in [-0.39, 0.29) is 72.2 Å². The molecule has 7 bridgehead atoms. The number of aliphatic hydroxyl groups is 2. The van der Waals surface area contributed by atoms with Crippen LogP contribution in [0.1, 0.15) is 151 Å². The average Bonchev–Trinajstić information content (AvgIpc) is 3.70. The molecule has 6 aliphatic rings. The summed E-state index contributed by atoms with van der Waals surface area (Å²) >= 11 is 0. The molecule has 0 aromatic heterocycles. The van der Waals surface area contributed by atoms with Gasteiger partial charge in [0, 0.05) is 30.6 Å². The smallest absolute Gasteiger partial charge is 0.511 e. The molecule has 13 nitrogen and oxygen atoms in total. The Bertz CT molecular complexity index is 1640. The normalized spacial score (nSPS) is 45.2. The number of esters is 2. The first-order valence-corrected chi connectivity index (χ1v) is 23.4. The van der Waals surface area contributed by atoms with Crippen molar-refractivity contribution >= 4 is 30.5 Å². The number of fused-ring (bicyclic) bond motifs is 4. The van der Waals surface area contributed by atoms with Crippen LogP contribution in [0, 0.1) is 29.6 Å². The molecular weight excluding hydrogens is 806 g/mol. The summed E-state index contributed by atoms with van der Waals surface area (Å²) in [5.41, 5.74) is -1.39. The summed E-state index contributed by atoms with van der Waals surface area (Å²) in [7, 11) is 0. The Balaban J connectivity index is 0.00000726. The van der Waals surface area contributed by atoms with E-state index in [2.05, 4.69) is 12.2 Å². The largest absolute Gasteiger partial charge is 1.00 e. The van der Waals surface area contributed by atoms with Crippen molar-refractivity contribution in [2.45, 2.75) is 205 Å². The van der Waals surface area contributed by atoms with E-state index in [1.54, 1.807) is 13.8 Å². The molecule has 9 unspecified atom stereocenters. The van der Waals surface area contributed by atoms with Crippen LogP contribution in [0.4, 0.5) is 0 Å². The van der Waals surface area contributed by atoms with Crippen molar-refractivity contribution in [3.05, 3.63) is 36.5 Å². The quantitative estimate of drug-likeness (QED) is 0.201. The van der Waals surface area contributed by atoms with Gasteiger partial charge in [0.15, 0.2) is 11.9 Å². The Morgan fingerprint density at radius 3 is 1.85 bits per heavy atom. The van der Waals surface area contributed by atoms with Gasteiger partial charge < -0.3 is 43.0 Å². The molecular formula is C47H72BNaO13. The number of rotatable bonds is 0. The Morgan fingerprint density at radius 2 is 1.16 bits per heavy atom. The third kappa shape index (κ3) is 12.0. The van der Waals surface area contributed by atoms with Gasteiger partial charge in [-0.1, -0.05) is 70.6 Å². The van der Waals surface area contributed by atoms with Crippen LogP contribution >= 0.6 is 0 Å². The van der Waals surface area contributed by atoms with Crippen LogP contribution in [0.3, 0.4) is 0 Å². The minimum absolute atomic E-state index is 0. The number of aliphatic hydroxyl groups excluding tert-OH is 2. The molecule has 0 aromatic rings. The van der Waals surface area contributed by atoms with E-state index in [4.69, 9.17) is 32.8 Å². The van der Waals surface area contributed by atoms with Crippen LogP contribution < -0.4 is 29.6 Å². The van der Waals surface area contributed by atoms with Crippen LogP contribution in [0.15, 0.2) is 36.5 Å². The molecule has 5 heterocycles. The Hall–Kier alpha value is -1.72. The van der Waals surface area contributed by atoms with Crippen molar-refractivity contribution in [1.29, 1.82) is 0 Å². The predicted molar refractivity (Wildman–Crippen MR) is 227 cm³/mol. The number of cyclic esters (lactones) is 2. The number of allylic oxidation sites excluding steroid dienone is 6. The molecule has 342 valence electrons. The maximum absolute atomic E-state index is 14.6. The van der Waals surface area contributed by atoms with Gasteiger partial charge in [-0.2, -0.15) is 0 Å². The summed E-state index contributed by atoms with van der Waals surface area (Å²) in [5.74, 6) is -5.61. The van der Waals surface area contributed by atoms with Crippen molar-refractivity contribution in [2.24, 2.45) is 29.6 Å². The summed E-state index contributed by atoms with van der Waals surface area (Å²) in [6.45, 7) is 7.78. The third-order valence-electron chi connectivity index (χ3n) is 14.5. The Kier molecular flexibility index (Phi) is 18.7. The fraction of sp³-hybridized carbons (Fsp3) is 0.787. The number of ether oxygens (including phenoxy) is 3. The van der Waals surface area contributed by atoms with Gasteiger partial charge in [0.1, 0.15) is 17.7 Å². The summed E-state index contributed by atoms with van der Waals surface area (Å²) in [6, 6.07) is 0. The van der Waals surface area contributed by atoms with Gasteiger partial charge in [-0.15, -0.1) is 0 Å². The van der Waals surface area contributed by atoms with Crippen molar-refractivity contribution in [3.63, 3.8) is 0 Å². The van der Waals surface area contributed by atoms with E-state index in [0.717, 1.165) is 19.3 Å². The molecule has 3 saturated heterocycles. The van der Waals surface area contributed by atoms with E-state index in [9.17, 15) is 29.4 Å². The Labute approximate surface area is 391 Å². The zero-order chi connectivity index (χ0) is 44.0. The molecule has 15 heteroatoms. The number of hydrogen-bond acceptors (Lipinski definition) is 13. The first-order valence-electron chi connectivity index (χ1n) is 23.4. The predicted octanol–water partition coefficient (Wildman–Crippen LogP) is 4.32. The fourth-order valence-corrected chi connectivity index (χ4v) is 10.4. The third-order valence-corrected chi connectivity index (χ3v) is 14.5. The molecule has 6 rings (SSSR count). The molecule has 2 N–H and O–H groups in total. The molecule has 0 aromatic carbocycles. The van der Waals surface area contributed by atoms with Crippen LogP contribution in [-0.2, 0) is 52.0 Å². The first kappa shape index (κ1) is 51.3. The van der Waals surface area contributed by atoms with Crippen LogP contribution in [0.2, 0.25) is 0 Å². The van der Waals surface area contributed by atoms with E-state index in [1.807, 2.05) is 52.0 Å². The summed E-state index contributed by atoms with van der Waals surface area (Å²) in [5, 5.41) is 21.8. The second kappa shape index (κ2) is 22.7. The van der Waals surface area contributed by atoms with Crippen LogP contribution in [0.25, 0.3) is 0 Å². The van der Waals surface area contributed by atoms with E-state index in [1.165, 1.54) is 0 Å². The molecule has 3 spiro atoms. The topological polar surface area (TPSA) is 173 Å². The first-order chi connectivity index (χ1) is 29.1. The van der Waals surface area contributed by atoms with Gasteiger partial charge in [-0.3, -0.25) is 9.59 Å². The Morgan fingerprint density at radius 1 is 0.597 bits per heavy atom. The van der Waals surface area contributed by atoms with Crippen LogP contribution in [-0.4, -0.2) is 94.8 Å². The zero-order valence-corrected chi connectivity index (χ0v) is 40.4. The minimum Gasteiger partial charge on any atom is -0.511 e. The van der Waals surface area contributed by atoms with Gasteiger partial charge in [0.2, 0.25) is 0 Å². The number of carbonyl (C=O) groups excluding carboxylic acids is 4. The maximum atomic E-state index is 14.6. The monoisotopic (exact) mass is 878 g/mol. The fourth-order valence-electron chi connectivity index (χ4n) is 10.4. The molecule has 1 aliphatic carbocycles. The molecule has 0 amide bonds. The van der Waals surface area contributed by atoms with E-state index in [0.29, 0.717) is 70.6 Å². The summed E-state index contributed by atoms with van der Waals surface area (Å²) < 4.78 is 46.4. The molecule has 1 saturated carbocycles. The van der Waals surface area contributed by atoms with Gasteiger partial charge in [-0.05, 0) is 116 Å². The molecule has 62 heavy (non-hydrogen) atoms.